The molecule has 3 N–H and O–H groups in total. The maximum Gasteiger partial charge on any atom is 0.278 e. The van der Waals surface area contributed by atoms with Crippen molar-refractivity contribution in [2.75, 3.05) is 6.61 Å². The van der Waals surface area contributed by atoms with E-state index in [0.717, 1.165) is 17.2 Å². The molecule has 0 spiro atoms. The van der Waals surface area contributed by atoms with Crippen molar-refractivity contribution in [1.29, 1.82) is 0 Å². The van der Waals surface area contributed by atoms with Crippen LogP contribution in [0.3, 0.4) is 0 Å². The van der Waals surface area contributed by atoms with Crippen molar-refractivity contribution in [2.45, 2.75) is 24.1 Å². The first-order chi connectivity index (χ1) is 10.0. The molecule has 1 fully saturated rings. The number of nitrogens with one attached hydrogen (secondary N) is 1. The highest BCUT2D eigenvalue weighted by Gasteiger charge is 2.57. The zero-order chi connectivity index (χ0) is 15.2. The van der Waals surface area contributed by atoms with Gasteiger partial charge in [-0.1, -0.05) is 5.92 Å². The van der Waals surface area contributed by atoms with Crippen LogP contribution < -0.4 is 5.56 Å². The van der Waals surface area contributed by atoms with Crippen molar-refractivity contribution in [3.63, 3.8) is 0 Å². The minimum Gasteiger partial charge on any atom is -0.394 e. The summed E-state index contributed by atoms with van der Waals surface area (Å²) in [4.78, 5) is 21.7. The van der Waals surface area contributed by atoms with Crippen molar-refractivity contribution in [3.8, 4) is 12.3 Å². The summed E-state index contributed by atoms with van der Waals surface area (Å²) in [5.74, 6) is 1.86. The van der Waals surface area contributed by atoms with Gasteiger partial charge in [-0.25, -0.2) is 14.4 Å². The fourth-order valence-electron chi connectivity index (χ4n) is 2.36. The van der Waals surface area contributed by atoms with Crippen LogP contribution in [0.15, 0.2) is 17.4 Å². The average Bonchev–Trinajstić information content (AvgIpc) is 3.01. The minimum atomic E-state index is -2.58. The fraction of sp³-hybridized carbons (Fsp3) is 0.417. The molecule has 8 nitrogen and oxygen atoms in total. The summed E-state index contributed by atoms with van der Waals surface area (Å²) in [5.41, 5.74) is -3.03. The Hall–Kier alpha value is -2.28. The van der Waals surface area contributed by atoms with Crippen LogP contribution in [0, 0.1) is 12.3 Å². The van der Waals surface area contributed by atoms with Gasteiger partial charge in [0.15, 0.2) is 17.4 Å². The van der Waals surface area contributed by atoms with Gasteiger partial charge in [0.05, 0.1) is 19.3 Å². The van der Waals surface area contributed by atoms with Crippen LogP contribution in [0.25, 0.3) is 11.2 Å². The predicted molar refractivity (Wildman–Crippen MR) is 67.8 cm³/mol. The Morgan fingerprint density at radius 2 is 2.38 bits per heavy atom. The Morgan fingerprint density at radius 3 is 3.05 bits per heavy atom. The Labute approximate surface area is 117 Å². The van der Waals surface area contributed by atoms with E-state index < -0.39 is 36.3 Å². The van der Waals surface area contributed by atoms with Gasteiger partial charge in [0.1, 0.15) is 12.2 Å². The number of aliphatic hydroxyl groups excluding tert-OH is 2. The topological polar surface area (TPSA) is 113 Å². The number of alkyl halides is 1. The molecule has 0 bridgehead atoms. The highest BCUT2D eigenvalue weighted by Crippen LogP contribution is 2.41. The summed E-state index contributed by atoms with van der Waals surface area (Å²) in [6.07, 6.45) is 3.11. The first-order valence-electron chi connectivity index (χ1n) is 6.04. The van der Waals surface area contributed by atoms with Crippen molar-refractivity contribution in [1.82, 2.24) is 19.5 Å². The van der Waals surface area contributed by atoms with Gasteiger partial charge in [0.25, 0.3) is 5.56 Å². The Morgan fingerprint density at radius 1 is 1.62 bits per heavy atom. The lowest BCUT2D eigenvalue weighted by molar-refractivity contribution is -0.0504. The first-order valence-corrected chi connectivity index (χ1v) is 6.04. The summed E-state index contributed by atoms with van der Waals surface area (Å²) < 4.78 is 21.2. The zero-order valence-electron chi connectivity index (χ0n) is 10.6. The SMILES string of the molecule is C#CC1(F)[C@@H](O)[C@@H](CO)O[C@H]1n1cnc2c(=O)[nH]cnc21. The lowest BCUT2D eigenvalue weighted by Gasteiger charge is -2.23. The molecule has 1 saturated heterocycles. The maximum absolute atomic E-state index is 14.8. The van der Waals surface area contributed by atoms with E-state index in [1.165, 1.54) is 0 Å². The van der Waals surface area contributed by atoms with Crippen LogP contribution in [0.2, 0.25) is 0 Å². The molecule has 2 aromatic heterocycles. The highest BCUT2D eigenvalue weighted by molar-refractivity contribution is 5.69. The number of rotatable bonds is 2. The van der Waals surface area contributed by atoms with Crippen molar-refractivity contribution in [3.05, 3.63) is 23.0 Å². The van der Waals surface area contributed by atoms with Gasteiger partial charge in [0.2, 0.25) is 5.67 Å². The van der Waals surface area contributed by atoms with Crippen LogP contribution in [-0.2, 0) is 4.74 Å². The standard InChI is InChI=1S/C12H11FN4O4/c1-2-12(13)8(19)6(3-18)21-11(12)17-5-16-7-9(17)14-4-15-10(7)20/h1,4-6,8,11,18-19H,3H2,(H,14,15,20)/t6-,8+,11-,12?/m1/s1. The van der Waals surface area contributed by atoms with Gasteiger partial charge in [-0.3, -0.25) is 9.36 Å². The number of hydrogen-bond donors (Lipinski definition) is 3. The lowest BCUT2D eigenvalue weighted by Crippen LogP contribution is -2.42. The average molecular weight is 294 g/mol. The number of terminal acetylenes is 1. The van der Waals surface area contributed by atoms with Crippen LogP contribution in [0.5, 0.6) is 0 Å². The van der Waals surface area contributed by atoms with E-state index in [2.05, 4.69) is 15.0 Å². The maximum atomic E-state index is 14.8. The monoisotopic (exact) mass is 294 g/mol. The molecule has 3 rings (SSSR count). The molecule has 4 atom stereocenters. The molecule has 1 aliphatic heterocycles. The number of nitrogens with zero attached hydrogens (tertiary/aromatic N) is 3. The van der Waals surface area contributed by atoms with E-state index in [9.17, 15) is 14.3 Å². The molecular formula is C12H11FN4O4. The second kappa shape index (κ2) is 4.63. The Balaban J connectivity index is 2.16. The van der Waals surface area contributed by atoms with Crippen molar-refractivity contribution < 1.29 is 19.3 Å². The summed E-state index contributed by atoms with van der Waals surface area (Å²) in [6, 6.07) is 0. The molecule has 0 radical (unpaired) electrons. The zero-order valence-corrected chi connectivity index (χ0v) is 10.6. The number of halogens is 1. The third kappa shape index (κ3) is 1.77. The molecule has 0 saturated carbocycles. The largest absolute Gasteiger partial charge is 0.394 e. The quantitative estimate of drug-likeness (QED) is 0.594. The van der Waals surface area contributed by atoms with Gasteiger partial charge in [-0.2, -0.15) is 0 Å². The number of aliphatic hydroxyl groups is 2. The Bertz CT molecular complexity index is 781. The third-order valence-corrected chi connectivity index (χ3v) is 3.46. The van der Waals surface area contributed by atoms with Gasteiger partial charge in [0, 0.05) is 0 Å². The molecule has 2 aromatic rings. The second-order valence-electron chi connectivity index (χ2n) is 4.62. The van der Waals surface area contributed by atoms with Gasteiger partial charge in [-0.15, -0.1) is 6.42 Å². The summed E-state index contributed by atoms with van der Waals surface area (Å²) in [7, 11) is 0. The number of imidazole rings is 1. The molecule has 1 aliphatic rings. The molecule has 21 heavy (non-hydrogen) atoms. The highest BCUT2D eigenvalue weighted by atomic mass is 19.1. The summed E-state index contributed by atoms with van der Waals surface area (Å²) in [6.45, 7) is -0.605. The number of fused-ring (bicyclic) bond motifs is 1. The Kier molecular flexibility index (Phi) is 3.02. The molecule has 110 valence electrons. The number of aromatic nitrogens is 4. The van der Waals surface area contributed by atoms with E-state index in [4.69, 9.17) is 16.3 Å². The van der Waals surface area contributed by atoms with Crippen molar-refractivity contribution >= 4 is 11.2 Å². The molecule has 0 aliphatic carbocycles. The van der Waals surface area contributed by atoms with Crippen LogP contribution in [0.1, 0.15) is 6.23 Å². The predicted octanol–water partition coefficient (Wildman–Crippen LogP) is -1.29. The summed E-state index contributed by atoms with van der Waals surface area (Å²) >= 11 is 0. The minimum absolute atomic E-state index is 0.0117. The number of aromatic amines is 1. The van der Waals surface area contributed by atoms with E-state index >= 15 is 0 Å². The third-order valence-electron chi connectivity index (χ3n) is 3.46. The van der Waals surface area contributed by atoms with Crippen molar-refractivity contribution in [2.24, 2.45) is 0 Å². The van der Waals surface area contributed by atoms with Gasteiger partial charge >= 0.3 is 0 Å². The lowest BCUT2D eigenvalue weighted by atomic mass is 9.97. The van der Waals surface area contributed by atoms with E-state index in [0.29, 0.717) is 0 Å². The normalized spacial score (nSPS) is 32.4. The van der Waals surface area contributed by atoms with E-state index in [-0.39, 0.29) is 11.2 Å². The van der Waals surface area contributed by atoms with Crippen LogP contribution in [-0.4, -0.2) is 54.2 Å². The van der Waals surface area contributed by atoms with E-state index in [1.807, 2.05) is 5.92 Å². The molecule has 3 heterocycles. The summed E-state index contributed by atoms with van der Waals surface area (Å²) in [5, 5.41) is 19.0. The molecule has 1 unspecified atom stereocenters. The first kappa shape index (κ1) is 13.7. The molecule has 0 amide bonds. The van der Waals surface area contributed by atoms with Crippen LogP contribution >= 0.6 is 0 Å². The van der Waals surface area contributed by atoms with Gasteiger partial charge in [-0.05, 0) is 0 Å². The fourth-order valence-corrected chi connectivity index (χ4v) is 2.36. The number of hydrogen-bond acceptors (Lipinski definition) is 6. The molecular weight excluding hydrogens is 283 g/mol. The molecule has 9 heteroatoms. The van der Waals surface area contributed by atoms with Crippen LogP contribution in [0.4, 0.5) is 4.39 Å². The van der Waals surface area contributed by atoms with E-state index in [1.54, 1.807) is 0 Å². The second-order valence-corrected chi connectivity index (χ2v) is 4.62. The number of H-pyrrole nitrogens is 1. The van der Waals surface area contributed by atoms with Gasteiger partial charge < -0.3 is 19.9 Å². The smallest absolute Gasteiger partial charge is 0.278 e. The molecule has 0 aromatic carbocycles. The number of ether oxygens (including phenoxy) is 1.